The summed E-state index contributed by atoms with van der Waals surface area (Å²) in [5.74, 6) is 0. The van der Waals surface area contributed by atoms with E-state index in [9.17, 15) is 8.42 Å². The van der Waals surface area contributed by atoms with Crippen molar-refractivity contribution in [3.05, 3.63) is 27.7 Å². The van der Waals surface area contributed by atoms with E-state index in [-0.39, 0.29) is 10.9 Å². The van der Waals surface area contributed by atoms with E-state index < -0.39 is 10.0 Å². The molecule has 1 aliphatic rings. The minimum absolute atomic E-state index is 0.0623. The molecular formula is C14H20BrClN2O2S. The van der Waals surface area contributed by atoms with E-state index in [1.807, 2.05) is 0 Å². The van der Waals surface area contributed by atoms with Crippen molar-refractivity contribution in [2.75, 3.05) is 26.7 Å². The molecule has 1 aromatic rings. The van der Waals surface area contributed by atoms with Crippen molar-refractivity contribution in [3.8, 4) is 0 Å². The Bertz CT molecular complexity index is 601. The first kappa shape index (κ1) is 17.2. The van der Waals surface area contributed by atoms with Crippen LogP contribution in [0.4, 0.5) is 0 Å². The lowest BCUT2D eigenvalue weighted by atomic mass is 10.1. The van der Waals surface area contributed by atoms with Crippen LogP contribution in [-0.2, 0) is 10.0 Å². The third-order valence-corrected chi connectivity index (χ3v) is 7.21. The number of benzene rings is 1. The first-order valence-electron chi connectivity index (χ1n) is 7.01. The summed E-state index contributed by atoms with van der Waals surface area (Å²) in [4.78, 5) is 2.62. The zero-order valence-electron chi connectivity index (χ0n) is 12.2. The highest BCUT2D eigenvalue weighted by atomic mass is 79.9. The van der Waals surface area contributed by atoms with Gasteiger partial charge in [0.25, 0.3) is 0 Å². The van der Waals surface area contributed by atoms with Crippen LogP contribution in [0, 0.1) is 0 Å². The Morgan fingerprint density at radius 1 is 1.38 bits per heavy atom. The molecule has 0 amide bonds. The van der Waals surface area contributed by atoms with Crippen LogP contribution < -0.4 is 0 Å². The first-order valence-corrected chi connectivity index (χ1v) is 9.62. The van der Waals surface area contributed by atoms with Crippen molar-refractivity contribution in [3.63, 3.8) is 0 Å². The molecule has 0 atom stereocenters. The summed E-state index contributed by atoms with van der Waals surface area (Å²) in [6.45, 7) is 5.05. The van der Waals surface area contributed by atoms with E-state index in [4.69, 9.17) is 11.6 Å². The molecule has 1 heterocycles. The van der Waals surface area contributed by atoms with Gasteiger partial charge in [-0.15, -0.1) is 0 Å². The summed E-state index contributed by atoms with van der Waals surface area (Å²) < 4.78 is 27.5. The average molecular weight is 396 g/mol. The van der Waals surface area contributed by atoms with Crippen molar-refractivity contribution in [1.29, 1.82) is 0 Å². The fourth-order valence-electron chi connectivity index (χ4n) is 2.60. The van der Waals surface area contributed by atoms with Crippen LogP contribution >= 0.6 is 27.5 Å². The molecule has 118 valence electrons. The average Bonchev–Trinajstić information content (AvgIpc) is 2.49. The molecular weight excluding hydrogens is 376 g/mol. The molecule has 0 N–H and O–H groups in total. The second-order valence-electron chi connectivity index (χ2n) is 5.26. The van der Waals surface area contributed by atoms with E-state index in [1.54, 1.807) is 25.2 Å². The quantitative estimate of drug-likeness (QED) is 0.786. The number of piperidine rings is 1. The largest absolute Gasteiger partial charge is 0.303 e. The van der Waals surface area contributed by atoms with Gasteiger partial charge in [-0.05, 0) is 66.6 Å². The van der Waals surface area contributed by atoms with Crippen molar-refractivity contribution in [2.45, 2.75) is 30.7 Å². The molecule has 1 fully saturated rings. The summed E-state index contributed by atoms with van der Waals surface area (Å²) in [7, 11) is -1.81. The van der Waals surface area contributed by atoms with Gasteiger partial charge in [-0.3, -0.25) is 0 Å². The van der Waals surface area contributed by atoms with Gasteiger partial charge >= 0.3 is 0 Å². The number of sulfonamides is 1. The summed E-state index contributed by atoms with van der Waals surface area (Å²) in [5.41, 5.74) is 0. The molecule has 4 nitrogen and oxygen atoms in total. The summed E-state index contributed by atoms with van der Waals surface area (Å²) >= 11 is 9.21. The molecule has 0 saturated carbocycles. The van der Waals surface area contributed by atoms with Gasteiger partial charge < -0.3 is 4.90 Å². The Morgan fingerprint density at radius 3 is 2.52 bits per heavy atom. The predicted molar refractivity (Wildman–Crippen MR) is 89.2 cm³/mol. The van der Waals surface area contributed by atoms with Crippen LogP contribution in [0.3, 0.4) is 0 Å². The van der Waals surface area contributed by atoms with Crippen LogP contribution in [0.1, 0.15) is 19.8 Å². The van der Waals surface area contributed by atoms with E-state index in [2.05, 4.69) is 27.8 Å². The van der Waals surface area contributed by atoms with E-state index >= 15 is 0 Å². The van der Waals surface area contributed by atoms with E-state index in [0.717, 1.165) is 32.5 Å². The molecule has 0 bridgehead atoms. The van der Waals surface area contributed by atoms with Gasteiger partial charge in [-0.2, -0.15) is 4.31 Å². The van der Waals surface area contributed by atoms with Gasteiger partial charge in [-0.1, -0.05) is 18.5 Å². The number of rotatable bonds is 4. The molecule has 0 spiro atoms. The lowest BCUT2D eigenvalue weighted by Crippen LogP contribution is -2.45. The van der Waals surface area contributed by atoms with Crippen LogP contribution in [-0.4, -0.2) is 50.3 Å². The summed E-state index contributed by atoms with van der Waals surface area (Å²) in [6, 6.07) is 4.79. The lowest BCUT2D eigenvalue weighted by molar-refractivity contribution is 0.176. The monoisotopic (exact) mass is 394 g/mol. The lowest BCUT2D eigenvalue weighted by Gasteiger charge is -2.35. The minimum Gasteiger partial charge on any atom is -0.303 e. The Hall–Kier alpha value is -0.140. The van der Waals surface area contributed by atoms with Gasteiger partial charge in [0.1, 0.15) is 0 Å². The molecule has 0 unspecified atom stereocenters. The fraction of sp³-hybridized carbons (Fsp3) is 0.571. The molecule has 1 aromatic carbocycles. The van der Waals surface area contributed by atoms with Gasteiger partial charge in [-0.25, -0.2) is 8.42 Å². The van der Waals surface area contributed by atoms with Gasteiger partial charge in [0.2, 0.25) is 10.0 Å². The number of halogens is 2. The molecule has 1 saturated heterocycles. The predicted octanol–water partition coefficient (Wildman–Crippen LogP) is 3.21. The number of nitrogens with zero attached hydrogens (tertiary/aromatic N) is 2. The highest BCUT2D eigenvalue weighted by Crippen LogP contribution is 2.28. The summed E-state index contributed by atoms with van der Waals surface area (Å²) in [5, 5.41) is 0.507. The molecule has 0 aromatic heterocycles. The highest BCUT2D eigenvalue weighted by Gasteiger charge is 2.30. The van der Waals surface area contributed by atoms with E-state index in [1.165, 1.54) is 4.31 Å². The van der Waals surface area contributed by atoms with Crippen molar-refractivity contribution < 1.29 is 8.42 Å². The third-order valence-electron chi connectivity index (χ3n) is 4.09. The topological polar surface area (TPSA) is 40.6 Å². The second-order valence-corrected chi connectivity index (χ2v) is 8.52. The number of likely N-dealkylation sites (tertiary alicyclic amines) is 1. The Labute approximate surface area is 140 Å². The number of hydrogen-bond acceptors (Lipinski definition) is 3. The first-order chi connectivity index (χ1) is 9.86. The zero-order valence-corrected chi connectivity index (χ0v) is 15.4. The van der Waals surface area contributed by atoms with Crippen LogP contribution in [0.25, 0.3) is 0 Å². The Morgan fingerprint density at radius 2 is 2.00 bits per heavy atom. The van der Waals surface area contributed by atoms with Crippen LogP contribution in [0.5, 0.6) is 0 Å². The maximum absolute atomic E-state index is 12.7. The Balaban J connectivity index is 2.17. The van der Waals surface area contributed by atoms with Crippen molar-refractivity contribution >= 4 is 37.6 Å². The van der Waals surface area contributed by atoms with Crippen LogP contribution in [0.15, 0.2) is 27.6 Å². The Kier molecular flexibility index (Phi) is 5.71. The third kappa shape index (κ3) is 3.79. The minimum atomic E-state index is -3.48. The summed E-state index contributed by atoms with van der Waals surface area (Å²) in [6.07, 6.45) is 1.75. The maximum atomic E-state index is 12.7. The normalized spacial score (nSPS) is 18.3. The van der Waals surface area contributed by atoms with E-state index in [0.29, 0.717) is 9.50 Å². The fourth-order valence-corrected chi connectivity index (χ4v) is 4.69. The molecule has 2 rings (SSSR count). The zero-order chi connectivity index (χ0) is 15.6. The molecule has 1 aliphatic heterocycles. The molecule has 0 radical (unpaired) electrons. The smallest absolute Gasteiger partial charge is 0.243 e. The second kappa shape index (κ2) is 6.96. The molecule has 0 aliphatic carbocycles. The molecule has 21 heavy (non-hydrogen) atoms. The maximum Gasteiger partial charge on any atom is 0.243 e. The number of hydrogen-bond donors (Lipinski definition) is 0. The van der Waals surface area contributed by atoms with Crippen molar-refractivity contribution in [1.82, 2.24) is 9.21 Å². The standard InChI is InChI=1S/C14H20BrClN2O2S/c1-3-18-8-6-11(7-9-18)17(2)21(19,20)12-4-5-14(16)13(15)10-12/h4-5,10-11H,3,6-9H2,1-2H3. The van der Waals surface area contributed by atoms with Crippen LogP contribution in [0.2, 0.25) is 5.02 Å². The van der Waals surface area contributed by atoms with Gasteiger partial charge in [0.05, 0.1) is 9.92 Å². The molecule has 7 heteroatoms. The van der Waals surface area contributed by atoms with Gasteiger partial charge in [0.15, 0.2) is 0 Å². The highest BCUT2D eigenvalue weighted by molar-refractivity contribution is 9.10. The van der Waals surface area contributed by atoms with Crippen molar-refractivity contribution in [2.24, 2.45) is 0 Å². The SMILES string of the molecule is CCN1CCC(N(C)S(=O)(=O)c2ccc(Cl)c(Br)c2)CC1. The van der Waals surface area contributed by atoms with Gasteiger partial charge in [0, 0.05) is 17.6 Å².